The van der Waals surface area contributed by atoms with Crippen LogP contribution in [-0.4, -0.2) is 53.4 Å². The first-order valence-corrected chi connectivity index (χ1v) is 8.26. The molecule has 0 bridgehead atoms. The predicted molar refractivity (Wildman–Crippen MR) is 80.8 cm³/mol. The Balaban J connectivity index is 1.35. The summed E-state index contributed by atoms with van der Waals surface area (Å²) in [5.41, 5.74) is -1.96. The van der Waals surface area contributed by atoms with E-state index in [1.807, 2.05) is 12.1 Å². The van der Waals surface area contributed by atoms with Crippen molar-refractivity contribution < 1.29 is 18.7 Å². The van der Waals surface area contributed by atoms with E-state index in [1.165, 1.54) is 0 Å². The third-order valence-corrected chi connectivity index (χ3v) is 5.42. The molecule has 23 heavy (non-hydrogen) atoms. The first-order chi connectivity index (χ1) is 11.1. The van der Waals surface area contributed by atoms with Crippen LogP contribution in [0.3, 0.4) is 0 Å². The van der Waals surface area contributed by atoms with Crippen LogP contribution in [0.2, 0.25) is 0 Å². The molecule has 1 aromatic rings. The second kappa shape index (κ2) is 5.44. The molecule has 1 aliphatic carbocycles. The van der Waals surface area contributed by atoms with Gasteiger partial charge in [0.15, 0.2) is 5.67 Å². The summed E-state index contributed by atoms with van der Waals surface area (Å²) in [5, 5.41) is 0. The molecule has 1 unspecified atom stereocenters. The maximum atomic E-state index is 14.2. The number of rotatable bonds is 4. The van der Waals surface area contributed by atoms with E-state index in [0.29, 0.717) is 39.1 Å². The third kappa shape index (κ3) is 2.49. The number of carbonyl (C=O) groups excluding carboxylic acids is 1. The summed E-state index contributed by atoms with van der Waals surface area (Å²) in [6, 6.07) is 3.70. The molecule has 0 N–H and O–H groups in total. The van der Waals surface area contributed by atoms with Gasteiger partial charge in [0, 0.05) is 18.7 Å². The highest BCUT2D eigenvalue weighted by Crippen LogP contribution is 2.44. The fourth-order valence-electron chi connectivity index (χ4n) is 3.73. The molecule has 1 amide bonds. The van der Waals surface area contributed by atoms with Gasteiger partial charge in [-0.05, 0) is 37.8 Å². The monoisotopic (exact) mass is 320 g/mol. The summed E-state index contributed by atoms with van der Waals surface area (Å²) >= 11 is 0. The zero-order chi connectivity index (χ0) is 15.9. The molecular weight excluding hydrogens is 299 g/mol. The van der Waals surface area contributed by atoms with Crippen molar-refractivity contribution >= 4 is 5.91 Å². The van der Waals surface area contributed by atoms with Crippen LogP contribution in [-0.2, 0) is 9.53 Å². The van der Waals surface area contributed by atoms with Crippen molar-refractivity contribution in [2.24, 2.45) is 5.92 Å². The van der Waals surface area contributed by atoms with Gasteiger partial charge in [-0.15, -0.1) is 0 Å². The van der Waals surface area contributed by atoms with Crippen LogP contribution in [0.4, 0.5) is 4.39 Å². The van der Waals surface area contributed by atoms with Gasteiger partial charge in [-0.2, -0.15) is 0 Å². The minimum absolute atomic E-state index is 0.226. The Morgan fingerprint density at radius 3 is 2.96 bits per heavy atom. The minimum Gasteiger partial charge on any atom is -0.492 e. The summed E-state index contributed by atoms with van der Waals surface area (Å²) in [5.74, 6) is 0.611. The Labute approximate surface area is 134 Å². The SMILES string of the molecule is O=C(N1CC2(C1)OCCC2COc1cccnc1)C1(F)CCC1. The van der Waals surface area contributed by atoms with E-state index >= 15 is 0 Å². The molecule has 6 heteroatoms. The van der Waals surface area contributed by atoms with Crippen molar-refractivity contribution in [2.75, 3.05) is 26.3 Å². The summed E-state index contributed by atoms with van der Waals surface area (Å²) in [6.07, 6.45) is 5.83. The summed E-state index contributed by atoms with van der Waals surface area (Å²) in [6.45, 7) is 2.18. The smallest absolute Gasteiger partial charge is 0.260 e. The lowest BCUT2D eigenvalue weighted by Gasteiger charge is -2.52. The van der Waals surface area contributed by atoms with Gasteiger partial charge in [0.1, 0.15) is 11.4 Å². The maximum absolute atomic E-state index is 14.2. The van der Waals surface area contributed by atoms with Crippen LogP contribution in [0.1, 0.15) is 25.7 Å². The second-order valence-electron chi connectivity index (χ2n) is 6.88. The summed E-state index contributed by atoms with van der Waals surface area (Å²) in [7, 11) is 0. The normalized spacial score (nSPS) is 27.3. The number of carbonyl (C=O) groups is 1. The lowest BCUT2D eigenvalue weighted by molar-refractivity contribution is -0.181. The quantitative estimate of drug-likeness (QED) is 0.851. The number of aromatic nitrogens is 1. The highest BCUT2D eigenvalue weighted by molar-refractivity contribution is 5.87. The number of halogens is 1. The Kier molecular flexibility index (Phi) is 3.52. The van der Waals surface area contributed by atoms with Gasteiger partial charge >= 0.3 is 0 Å². The molecule has 3 fully saturated rings. The molecule has 2 saturated heterocycles. The number of pyridine rings is 1. The van der Waals surface area contributed by atoms with Crippen molar-refractivity contribution in [3.8, 4) is 5.75 Å². The average molecular weight is 320 g/mol. The Morgan fingerprint density at radius 1 is 1.48 bits per heavy atom. The maximum Gasteiger partial charge on any atom is 0.260 e. The van der Waals surface area contributed by atoms with E-state index in [1.54, 1.807) is 17.3 Å². The Hall–Kier alpha value is -1.69. The lowest BCUT2D eigenvalue weighted by atomic mass is 9.76. The fourth-order valence-corrected chi connectivity index (χ4v) is 3.73. The molecule has 1 aromatic heterocycles. The van der Waals surface area contributed by atoms with Crippen molar-refractivity contribution in [1.29, 1.82) is 0 Å². The van der Waals surface area contributed by atoms with Gasteiger partial charge in [-0.1, -0.05) is 0 Å². The standard InChI is InChI=1S/C17H21FN2O3/c18-16(5-2-6-16)15(21)20-11-17(12-20)13(4-8-23-17)10-22-14-3-1-7-19-9-14/h1,3,7,9,13H,2,4-6,8,10-12H2. The van der Waals surface area contributed by atoms with Gasteiger partial charge in [0.2, 0.25) is 0 Å². The molecule has 5 nitrogen and oxygen atoms in total. The molecule has 3 aliphatic rings. The molecule has 3 heterocycles. The molecule has 1 spiro atoms. The van der Waals surface area contributed by atoms with Crippen LogP contribution < -0.4 is 4.74 Å². The fraction of sp³-hybridized carbons (Fsp3) is 0.647. The Bertz CT molecular complexity index is 585. The molecule has 1 atom stereocenters. The van der Waals surface area contributed by atoms with Gasteiger partial charge in [0.05, 0.1) is 25.9 Å². The highest BCUT2D eigenvalue weighted by atomic mass is 19.1. The van der Waals surface area contributed by atoms with Crippen LogP contribution in [0.15, 0.2) is 24.5 Å². The summed E-state index contributed by atoms with van der Waals surface area (Å²) in [4.78, 5) is 17.9. The van der Waals surface area contributed by atoms with Gasteiger partial charge in [-0.25, -0.2) is 4.39 Å². The molecule has 2 aliphatic heterocycles. The number of amides is 1. The number of hydrogen-bond donors (Lipinski definition) is 0. The summed E-state index contributed by atoms with van der Waals surface area (Å²) < 4.78 is 26.0. The average Bonchev–Trinajstić information content (AvgIpc) is 2.93. The van der Waals surface area contributed by atoms with E-state index in [-0.39, 0.29) is 17.4 Å². The number of nitrogens with zero attached hydrogens (tertiary/aromatic N) is 2. The Morgan fingerprint density at radius 2 is 2.30 bits per heavy atom. The van der Waals surface area contributed by atoms with Crippen LogP contribution >= 0.6 is 0 Å². The number of likely N-dealkylation sites (tertiary alicyclic amines) is 1. The van der Waals surface area contributed by atoms with Gasteiger partial charge < -0.3 is 14.4 Å². The van der Waals surface area contributed by atoms with E-state index in [9.17, 15) is 9.18 Å². The van der Waals surface area contributed by atoms with Crippen molar-refractivity contribution in [3.05, 3.63) is 24.5 Å². The van der Waals surface area contributed by atoms with Crippen LogP contribution in [0, 0.1) is 5.92 Å². The molecule has 0 radical (unpaired) electrons. The first kappa shape index (κ1) is 14.9. The molecule has 124 valence electrons. The number of alkyl halides is 1. The van der Waals surface area contributed by atoms with Crippen LogP contribution in [0.25, 0.3) is 0 Å². The molecule has 4 rings (SSSR count). The lowest BCUT2D eigenvalue weighted by Crippen LogP contribution is -2.69. The third-order valence-electron chi connectivity index (χ3n) is 5.42. The van der Waals surface area contributed by atoms with Gasteiger partial charge in [-0.3, -0.25) is 9.78 Å². The van der Waals surface area contributed by atoms with Crippen molar-refractivity contribution in [1.82, 2.24) is 9.88 Å². The topological polar surface area (TPSA) is 51.7 Å². The largest absolute Gasteiger partial charge is 0.492 e. The number of hydrogen-bond acceptors (Lipinski definition) is 4. The van der Waals surface area contributed by atoms with E-state index in [2.05, 4.69) is 4.98 Å². The van der Waals surface area contributed by atoms with Gasteiger partial charge in [0.25, 0.3) is 5.91 Å². The number of ether oxygens (including phenoxy) is 2. The predicted octanol–water partition coefficient (Wildman–Crippen LogP) is 1.97. The second-order valence-corrected chi connectivity index (χ2v) is 6.88. The molecule has 1 saturated carbocycles. The van der Waals surface area contributed by atoms with E-state index in [0.717, 1.165) is 18.6 Å². The van der Waals surface area contributed by atoms with Crippen molar-refractivity contribution in [3.63, 3.8) is 0 Å². The van der Waals surface area contributed by atoms with E-state index in [4.69, 9.17) is 9.47 Å². The zero-order valence-corrected chi connectivity index (χ0v) is 13.0. The zero-order valence-electron chi connectivity index (χ0n) is 13.0. The van der Waals surface area contributed by atoms with Crippen LogP contribution in [0.5, 0.6) is 5.75 Å². The molecular formula is C17H21FN2O3. The van der Waals surface area contributed by atoms with E-state index < -0.39 is 5.67 Å². The highest BCUT2D eigenvalue weighted by Gasteiger charge is 2.58. The molecule has 0 aromatic carbocycles. The van der Waals surface area contributed by atoms with Crippen molar-refractivity contribution in [2.45, 2.75) is 37.0 Å². The minimum atomic E-state index is -1.61. The first-order valence-electron chi connectivity index (χ1n) is 8.26.